The molecule has 1 aliphatic heterocycles. The van der Waals surface area contributed by atoms with Gasteiger partial charge in [0.2, 0.25) is 5.91 Å². The molecule has 1 atom stereocenters. The van der Waals surface area contributed by atoms with E-state index in [0.717, 1.165) is 0 Å². The van der Waals surface area contributed by atoms with E-state index in [1.807, 2.05) is 6.92 Å². The topological polar surface area (TPSA) is 91.8 Å². The molecule has 2 amide bonds. The maximum absolute atomic E-state index is 11.9. The monoisotopic (exact) mass is 279 g/mol. The lowest BCUT2D eigenvalue weighted by Gasteiger charge is -2.28. The number of amides is 2. The van der Waals surface area contributed by atoms with Gasteiger partial charge in [-0.2, -0.15) is 0 Å². The minimum Gasteiger partial charge on any atom is -0.480 e. The highest BCUT2D eigenvalue weighted by molar-refractivity contribution is 6.01. The average Bonchev–Trinajstić information content (AvgIpc) is 2.47. The standard InChI is InChI=1S/C13H17N3O4/c1-2-9(7-17)15-11(18)6-16-12(19)8-20-10-4-3-5-14-13(10)16/h3-5,9,17H,2,6-8H2,1H3,(H,15,18). The van der Waals surface area contributed by atoms with Crippen LogP contribution in [-0.2, 0) is 9.59 Å². The first-order valence-corrected chi connectivity index (χ1v) is 6.44. The summed E-state index contributed by atoms with van der Waals surface area (Å²) in [5.74, 6) is 0.172. The number of hydrogen-bond acceptors (Lipinski definition) is 5. The molecule has 0 spiro atoms. The van der Waals surface area contributed by atoms with Crippen LogP contribution in [-0.4, -0.2) is 47.7 Å². The molecular weight excluding hydrogens is 262 g/mol. The predicted molar refractivity (Wildman–Crippen MR) is 71.4 cm³/mol. The molecule has 0 saturated heterocycles. The predicted octanol–water partition coefficient (Wildman–Crippen LogP) is -0.306. The van der Waals surface area contributed by atoms with E-state index >= 15 is 0 Å². The highest BCUT2D eigenvalue weighted by Crippen LogP contribution is 2.28. The maximum atomic E-state index is 11.9. The van der Waals surface area contributed by atoms with Gasteiger partial charge in [-0.25, -0.2) is 4.98 Å². The van der Waals surface area contributed by atoms with E-state index in [1.165, 1.54) is 11.1 Å². The molecule has 0 saturated carbocycles. The molecule has 1 aromatic rings. The largest absolute Gasteiger partial charge is 0.480 e. The number of anilines is 1. The third-order valence-corrected chi connectivity index (χ3v) is 3.04. The quantitative estimate of drug-likeness (QED) is 0.771. The number of fused-ring (bicyclic) bond motifs is 1. The number of nitrogens with one attached hydrogen (secondary N) is 1. The number of aromatic nitrogens is 1. The first-order valence-electron chi connectivity index (χ1n) is 6.44. The zero-order valence-corrected chi connectivity index (χ0v) is 11.2. The number of aliphatic hydroxyl groups is 1. The van der Waals surface area contributed by atoms with Gasteiger partial charge in [0, 0.05) is 6.20 Å². The fourth-order valence-corrected chi connectivity index (χ4v) is 1.89. The van der Waals surface area contributed by atoms with Crippen LogP contribution in [0.5, 0.6) is 5.75 Å². The first kappa shape index (κ1) is 14.3. The zero-order valence-electron chi connectivity index (χ0n) is 11.2. The van der Waals surface area contributed by atoms with Crippen LogP contribution in [0.2, 0.25) is 0 Å². The first-order chi connectivity index (χ1) is 9.65. The summed E-state index contributed by atoms with van der Waals surface area (Å²) in [6, 6.07) is 3.09. The summed E-state index contributed by atoms with van der Waals surface area (Å²) >= 11 is 0. The number of hydrogen-bond donors (Lipinski definition) is 2. The summed E-state index contributed by atoms with van der Waals surface area (Å²) in [4.78, 5) is 29.1. The molecule has 1 unspecified atom stereocenters. The van der Waals surface area contributed by atoms with Gasteiger partial charge in [0.1, 0.15) is 6.54 Å². The van der Waals surface area contributed by atoms with Crippen molar-refractivity contribution in [3.8, 4) is 5.75 Å². The van der Waals surface area contributed by atoms with E-state index in [1.54, 1.807) is 12.1 Å². The normalized spacial score (nSPS) is 15.3. The van der Waals surface area contributed by atoms with E-state index in [0.29, 0.717) is 18.0 Å². The third-order valence-electron chi connectivity index (χ3n) is 3.04. The van der Waals surface area contributed by atoms with Crippen molar-refractivity contribution in [3.63, 3.8) is 0 Å². The lowest BCUT2D eigenvalue weighted by Crippen LogP contribution is -2.48. The van der Waals surface area contributed by atoms with Gasteiger partial charge in [-0.05, 0) is 18.6 Å². The highest BCUT2D eigenvalue weighted by Gasteiger charge is 2.28. The Hall–Kier alpha value is -2.15. The maximum Gasteiger partial charge on any atom is 0.266 e. The van der Waals surface area contributed by atoms with E-state index in [4.69, 9.17) is 9.84 Å². The van der Waals surface area contributed by atoms with Crippen molar-refractivity contribution in [1.82, 2.24) is 10.3 Å². The summed E-state index contributed by atoms with van der Waals surface area (Å²) in [5, 5.41) is 11.7. The minimum atomic E-state index is -0.335. The van der Waals surface area contributed by atoms with Crippen LogP contribution < -0.4 is 15.0 Å². The second-order valence-corrected chi connectivity index (χ2v) is 4.45. The van der Waals surface area contributed by atoms with Gasteiger partial charge >= 0.3 is 0 Å². The van der Waals surface area contributed by atoms with Gasteiger partial charge < -0.3 is 15.2 Å². The van der Waals surface area contributed by atoms with E-state index in [-0.39, 0.29) is 37.6 Å². The average molecular weight is 279 g/mol. The van der Waals surface area contributed by atoms with E-state index in [9.17, 15) is 9.59 Å². The molecule has 1 aliphatic rings. The number of ether oxygens (including phenoxy) is 1. The van der Waals surface area contributed by atoms with Gasteiger partial charge in [-0.15, -0.1) is 0 Å². The van der Waals surface area contributed by atoms with Gasteiger partial charge in [0.25, 0.3) is 5.91 Å². The zero-order chi connectivity index (χ0) is 14.5. The van der Waals surface area contributed by atoms with E-state index < -0.39 is 0 Å². The molecule has 0 bridgehead atoms. The molecule has 0 aliphatic carbocycles. The Balaban J connectivity index is 2.08. The van der Waals surface area contributed by atoms with Crippen LogP contribution in [0.1, 0.15) is 13.3 Å². The van der Waals surface area contributed by atoms with Crippen LogP contribution in [0.4, 0.5) is 5.82 Å². The Morgan fingerprint density at radius 2 is 2.45 bits per heavy atom. The number of carbonyl (C=O) groups excluding carboxylic acids is 2. The molecule has 2 rings (SSSR count). The Morgan fingerprint density at radius 3 is 3.15 bits per heavy atom. The molecule has 1 aromatic heterocycles. The molecule has 2 heterocycles. The van der Waals surface area contributed by atoms with Gasteiger partial charge in [0.15, 0.2) is 18.2 Å². The van der Waals surface area contributed by atoms with Crippen molar-refractivity contribution in [2.45, 2.75) is 19.4 Å². The van der Waals surface area contributed by atoms with Crippen LogP contribution in [0, 0.1) is 0 Å². The second-order valence-electron chi connectivity index (χ2n) is 4.45. The Kier molecular flexibility index (Phi) is 4.52. The SMILES string of the molecule is CCC(CO)NC(=O)CN1C(=O)COc2cccnc21. The Labute approximate surface area is 116 Å². The Bertz CT molecular complexity index is 502. The smallest absolute Gasteiger partial charge is 0.266 e. The number of carbonyl (C=O) groups is 2. The summed E-state index contributed by atoms with van der Waals surface area (Å²) in [6.07, 6.45) is 2.16. The lowest BCUT2D eigenvalue weighted by molar-refractivity contribution is -0.125. The van der Waals surface area contributed by atoms with Crippen molar-refractivity contribution in [3.05, 3.63) is 18.3 Å². The molecule has 0 aromatic carbocycles. The highest BCUT2D eigenvalue weighted by atomic mass is 16.5. The second kappa shape index (κ2) is 6.33. The van der Waals surface area contributed by atoms with Crippen LogP contribution >= 0.6 is 0 Å². The molecule has 2 N–H and O–H groups in total. The molecule has 7 heteroatoms. The molecule has 7 nitrogen and oxygen atoms in total. The van der Waals surface area contributed by atoms with Gasteiger partial charge in [-0.3, -0.25) is 14.5 Å². The minimum absolute atomic E-state index is 0.108. The van der Waals surface area contributed by atoms with E-state index in [2.05, 4.69) is 10.3 Å². The number of aliphatic hydroxyl groups excluding tert-OH is 1. The van der Waals surface area contributed by atoms with Crippen molar-refractivity contribution in [1.29, 1.82) is 0 Å². The molecule has 0 fully saturated rings. The number of rotatable bonds is 5. The lowest BCUT2D eigenvalue weighted by atomic mass is 10.2. The van der Waals surface area contributed by atoms with Gasteiger partial charge in [-0.1, -0.05) is 6.92 Å². The van der Waals surface area contributed by atoms with Crippen LogP contribution in [0.3, 0.4) is 0 Å². The summed E-state index contributed by atoms with van der Waals surface area (Å²) < 4.78 is 5.25. The van der Waals surface area contributed by atoms with Crippen LogP contribution in [0.25, 0.3) is 0 Å². The fourth-order valence-electron chi connectivity index (χ4n) is 1.89. The van der Waals surface area contributed by atoms with Crippen molar-refractivity contribution in [2.75, 3.05) is 24.7 Å². The third kappa shape index (κ3) is 3.05. The molecule has 20 heavy (non-hydrogen) atoms. The Morgan fingerprint density at radius 1 is 1.65 bits per heavy atom. The van der Waals surface area contributed by atoms with Crippen molar-refractivity contribution >= 4 is 17.6 Å². The fraction of sp³-hybridized carbons (Fsp3) is 0.462. The summed E-state index contributed by atoms with van der Waals surface area (Å²) in [6.45, 7) is 1.48. The van der Waals surface area contributed by atoms with Crippen LogP contribution in [0.15, 0.2) is 18.3 Å². The number of nitrogens with zero attached hydrogens (tertiary/aromatic N) is 2. The summed E-state index contributed by atoms with van der Waals surface area (Å²) in [7, 11) is 0. The molecule has 0 radical (unpaired) electrons. The van der Waals surface area contributed by atoms with Gasteiger partial charge in [0.05, 0.1) is 12.6 Å². The van der Waals surface area contributed by atoms with Crippen molar-refractivity contribution < 1.29 is 19.4 Å². The van der Waals surface area contributed by atoms with Crippen molar-refractivity contribution in [2.24, 2.45) is 0 Å². The summed E-state index contributed by atoms with van der Waals surface area (Å²) in [5.41, 5.74) is 0. The molecule has 108 valence electrons. The molecular formula is C13H17N3O4. The number of pyridine rings is 1.